The number of piperidine rings is 1. The molecule has 1 aliphatic rings. The highest BCUT2D eigenvalue weighted by atomic mass is 15.1. The van der Waals surface area contributed by atoms with E-state index in [1.54, 1.807) is 12.4 Å². The number of aromatic nitrogens is 4. The smallest absolute Gasteiger partial charge is 0.160 e. The average molecular weight is 285 g/mol. The Bertz CT molecular complexity index is 596. The maximum atomic E-state index is 4.63. The molecule has 0 bridgehead atoms. The summed E-state index contributed by atoms with van der Waals surface area (Å²) in [4.78, 5) is 16.2. The molecule has 1 fully saturated rings. The van der Waals surface area contributed by atoms with Crippen LogP contribution < -0.4 is 0 Å². The molecule has 0 radical (unpaired) electrons. The van der Waals surface area contributed by atoms with Gasteiger partial charge in [0.25, 0.3) is 0 Å². The van der Waals surface area contributed by atoms with Crippen molar-refractivity contribution < 1.29 is 0 Å². The highest BCUT2D eigenvalue weighted by Gasteiger charge is 2.26. The lowest BCUT2D eigenvalue weighted by atomic mass is 9.91. The second-order valence-electron chi connectivity index (χ2n) is 6.06. The summed E-state index contributed by atoms with van der Waals surface area (Å²) in [7, 11) is 2.00. The molecule has 112 valence electrons. The highest BCUT2D eigenvalue weighted by molar-refractivity contribution is 5.54. The van der Waals surface area contributed by atoms with Crippen LogP contribution in [-0.4, -0.2) is 43.6 Å². The van der Waals surface area contributed by atoms with Crippen LogP contribution in [0.4, 0.5) is 0 Å². The van der Waals surface area contributed by atoms with Gasteiger partial charge in [-0.3, -0.25) is 4.98 Å². The first-order valence-electron chi connectivity index (χ1n) is 7.69. The lowest BCUT2D eigenvalue weighted by molar-refractivity contribution is 0.171. The van der Waals surface area contributed by atoms with Crippen molar-refractivity contribution in [2.45, 2.75) is 38.6 Å². The van der Waals surface area contributed by atoms with Crippen LogP contribution in [0.1, 0.15) is 38.3 Å². The second kappa shape index (κ2) is 5.93. The molecule has 5 heteroatoms. The molecule has 5 nitrogen and oxygen atoms in total. The van der Waals surface area contributed by atoms with E-state index >= 15 is 0 Å². The van der Waals surface area contributed by atoms with E-state index in [2.05, 4.69) is 33.7 Å². The van der Waals surface area contributed by atoms with Gasteiger partial charge >= 0.3 is 0 Å². The van der Waals surface area contributed by atoms with Crippen LogP contribution in [0.2, 0.25) is 0 Å². The SMILES string of the molecule is CC(C)N1CCC(c2nccnc2-c2nccn2C)CC1. The molecule has 0 atom stereocenters. The zero-order valence-electron chi connectivity index (χ0n) is 13.0. The number of imidazole rings is 1. The first kappa shape index (κ1) is 14.2. The van der Waals surface area contributed by atoms with Crippen LogP contribution in [0.5, 0.6) is 0 Å². The van der Waals surface area contributed by atoms with Crippen LogP contribution in [-0.2, 0) is 7.05 Å². The molecule has 0 amide bonds. The average Bonchev–Trinajstić information content (AvgIpc) is 2.93. The van der Waals surface area contributed by atoms with E-state index in [0.29, 0.717) is 12.0 Å². The molecule has 0 aliphatic carbocycles. The van der Waals surface area contributed by atoms with Crippen molar-refractivity contribution in [3.63, 3.8) is 0 Å². The molecule has 0 aromatic carbocycles. The number of aryl methyl sites for hydroxylation is 1. The predicted octanol–water partition coefficient (Wildman–Crippen LogP) is 2.46. The van der Waals surface area contributed by atoms with E-state index < -0.39 is 0 Å². The van der Waals surface area contributed by atoms with Crippen molar-refractivity contribution in [2.75, 3.05) is 13.1 Å². The van der Waals surface area contributed by atoms with Crippen LogP contribution in [0.3, 0.4) is 0 Å². The van der Waals surface area contributed by atoms with E-state index in [4.69, 9.17) is 0 Å². The standard InChI is InChI=1S/C16H23N5/c1-12(2)21-9-4-13(5-10-21)14-15(18-7-6-17-14)16-19-8-11-20(16)3/h6-8,11-13H,4-5,9-10H2,1-3H3. The van der Waals surface area contributed by atoms with Gasteiger partial charge in [0.15, 0.2) is 5.82 Å². The lowest BCUT2D eigenvalue weighted by Crippen LogP contribution is -2.38. The van der Waals surface area contributed by atoms with Crippen LogP contribution >= 0.6 is 0 Å². The quantitative estimate of drug-likeness (QED) is 0.869. The third kappa shape index (κ3) is 2.83. The number of rotatable bonds is 3. The maximum Gasteiger partial charge on any atom is 0.160 e. The molecule has 1 aliphatic heterocycles. The summed E-state index contributed by atoms with van der Waals surface area (Å²) in [6, 6.07) is 0.627. The zero-order chi connectivity index (χ0) is 14.8. The lowest BCUT2D eigenvalue weighted by Gasteiger charge is -2.34. The molecule has 0 spiro atoms. The van der Waals surface area contributed by atoms with Crippen molar-refractivity contribution in [2.24, 2.45) is 7.05 Å². The van der Waals surface area contributed by atoms with Gasteiger partial charge in [0, 0.05) is 43.8 Å². The summed E-state index contributed by atoms with van der Waals surface area (Å²) in [6.45, 7) is 6.81. The first-order chi connectivity index (χ1) is 10.2. The van der Waals surface area contributed by atoms with Gasteiger partial charge in [-0.2, -0.15) is 0 Å². The Kier molecular flexibility index (Phi) is 4.01. The van der Waals surface area contributed by atoms with E-state index in [1.807, 2.05) is 24.0 Å². The van der Waals surface area contributed by atoms with Gasteiger partial charge in [0.1, 0.15) is 5.69 Å². The Morgan fingerprint density at radius 1 is 1.05 bits per heavy atom. The Hall–Kier alpha value is -1.75. The fourth-order valence-electron chi connectivity index (χ4n) is 3.10. The Labute approximate surface area is 126 Å². The molecule has 3 rings (SSSR count). The summed E-state index contributed by atoms with van der Waals surface area (Å²) >= 11 is 0. The van der Waals surface area contributed by atoms with Crippen molar-refractivity contribution in [1.29, 1.82) is 0 Å². The maximum absolute atomic E-state index is 4.63. The van der Waals surface area contributed by atoms with E-state index in [-0.39, 0.29) is 0 Å². The molecule has 3 heterocycles. The molecule has 2 aromatic rings. The van der Waals surface area contributed by atoms with Gasteiger partial charge in [-0.25, -0.2) is 9.97 Å². The van der Waals surface area contributed by atoms with Gasteiger partial charge in [0.05, 0.1) is 5.69 Å². The van der Waals surface area contributed by atoms with E-state index in [1.165, 1.54) is 0 Å². The van der Waals surface area contributed by atoms with Crippen LogP contribution in [0.15, 0.2) is 24.8 Å². The summed E-state index contributed by atoms with van der Waals surface area (Å²) in [5, 5.41) is 0. The topological polar surface area (TPSA) is 46.8 Å². The molecule has 1 saturated heterocycles. The Morgan fingerprint density at radius 3 is 2.38 bits per heavy atom. The monoisotopic (exact) mass is 285 g/mol. The molecular weight excluding hydrogens is 262 g/mol. The number of nitrogens with zero attached hydrogens (tertiary/aromatic N) is 5. The van der Waals surface area contributed by atoms with Gasteiger partial charge in [-0.1, -0.05) is 0 Å². The first-order valence-corrected chi connectivity index (χ1v) is 7.69. The molecule has 21 heavy (non-hydrogen) atoms. The van der Waals surface area contributed by atoms with Crippen LogP contribution in [0.25, 0.3) is 11.5 Å². The number of hydrogen-bond donors (Lipinski definition) is 0. The zero-order valence-corrected chi connectivity index (χ0v) is 13.0. The summed E-state index contributed by atoms with van der Waals surface area (Å²) < 4.78 is 2.01. The third-order valence-corrected chi connectivity index (χ3v) is 4.41. The van der Waals surface area contributed by atoms with E-state index in [9.17, 15) is 0 Å². The van der Waals surface area contributed by atoms with Crippen molar-refractivity contribution in [3.05, 3.63) is 30.5 Å². The van der Waals surface area contributed by atoms with Crippen LogP contribution in [0, 0.1) is 0 Å². The minimum atomic E-state index is 0.486. The second-order valence-corrected chi connectivity index (χ2v) is 6.06. The molecule has 0 N–H and O–H groups in total. The van der Waals surface area contributed by atoms with Crippen molar-refractivity contribution in [3.8, 4) is 11.5 Å². The largest absolute Gasteiger partial charge is 0.333 e. The minimum absolute atomic E-state index is 0.486. The normalized spacial score (nSPS) is 17.5. The molecule has 0 saturated carbocycles. The van der Waals surface area contributed by atoms with Crippen molar-refractivity contribution in [1.82, 2.24) is 24.4 Å². The van der Waals surface area contributed by atoms with E-state index in [0.717, 1.165) is 43.1 Å². The summed E-state index contributed by atoms with van der Waals surface area (Å²) in [5.41, 5.74) is 2.04. The van der Waals surface area contributed by atoms with Gasteiger partial charge in [-0.05, 0) is 39.8 Å². The molecule has 2 aromatic heterocycles. The predicted molar refractivity (Wildman–Crippen MR) is 82.9 cm³/mol. The summed E-state index contributed by atoms with van der Waals surface area (Å²) in [6.07, 6.45) is 9.63. The number of likely N-dealkylation sites (tertiary alicyclic amines) is 1. The fraction of sp³-hybridized carbons (Fsp3) is 0.562. The fourth-order valence-corrected chi connectivity index (χ4v) is 3.10. The van der Waals surface area contributed by atoms with Crippen molar-refractivity contribution >= 4 is 0 Å². The summed E-state index contributed by atoms with van der Waals surface area (Å²) in [5.74, 6) is 1.39. The number of hydrogen-bond acceptors (Lipinski definition) is 4. The third-order valence-electron chi connectivity index (χ3n) is 4.41. The highest BCUT2D eigenvalue weighted by Crippen LogP contribution is 2.32. The van der Waals surface area contributed by atoms with Gasteiger partial charge in [-0.15, -0.1) is 0 Å². The van der Waals surface area contributed by atoms with Gasteiger partial charge < -0.3 is 9.47 Å². The Morgan fingerprint density at radius 2 is 1.76 bits per heavy atom. The molecule has 0 unspecified atom stereocenters. The Balaban J connectivity index is 1.86. The minimum Gasteiger partial charge on any atom is -0.333 e. The van der Waals surface area contributed by atoms with Gasteiger partial charge in [0.2, 0.25) is 0 Å². The molecular formula is C16H23N5.